The minimum Gasteiger partial charge on any atom is -0.495 e. The number of hydrogen-bond acceptors (Lipinski definition) is 4. The third kappa shape index (κ3) is 2.57. The number of pyridine rings is 1. The van der Waals surface area contributed by atoms with E-state index in [2.05, 4.69) is 62.2 Å². The Morgan fingerprint density at radius 1 is 1.26 bits per heavy atom. The standard InChI is InChI=1S/C13H15Br2N3O/c1-6(2)7-4-8-11(17-13(7)18-16)9(14)5-10(15)12(8)19-3/h4-6H,16H2,1-3H3,(H,17,18). The highest BCUT2D eigenvalue weighted by Crippen LogP contribution is 2.40. The number of hydrazine groups is 1. The van der Waals surface area contributed by atoms with Gasteiger partial charge in [0.1, 0.15) is 11.6 Å². The summed E-state index contributed by atoms with van der Waals surface area (Å²) in [5, 5.41) is 0.950. The van der Waals surface area contributed by atoms with Gasteiger partial charge in [0.25, 0.3) is 0 Å². The molecule has 0 amide bonds. The molecule has 4 nitrogen and oxygen atoms in total. The Kier molecular flexibility index (Phi) is 4.32. The van der Waals surface area contributed by atoms with Gasteiger partial charge in [-0.15, -0.1) is 0 Å². The summed E-state index contributed by atoms with van der Waals surface area (Å²) in [6.07, 6.45) is 0. The fraction of sp³-hybridized carbons (Fsp3) is 0.308. The van der Waals surface area contributed by atoms with Crippen LogP contribution in [0.25, 0.3) is 10.9 Å². The molecule has 1 heterocycles. The van der Waals surface area contributed by atoms with Crippen LogP contribution in [0.15, 0.2) is 21.1 Å². The van der Waals surface area contributed by atoms with Crippen molar-refractivity contribution >= 4 is 48.6 Å². The van der Waals surface area contributed by atoms with Crippen molar-refractivity contribution in [3.8, 4) is 5.75 Å². The molecule has 0 saturated heterocycles. The van der Waals surface area contributed by atoms with Gasteiger partial charge in [0.2, 0.25) is 0 Å². The van der Waals surface area contributed by atoms with Crippen molar-refractivity contribution in [3.05, 3.63) is 26.6 Å². The first-order valence-corrected chi connectivity index (χ1v) is 7.41. The van der Waals surface area contributed by atoms with E-state index in [1.165, 1.54) is 0 Å². The van der Waals surface area contributed by atoms with E-state index >= 15 is 0 Å². The molecular weight excluding hydrogens is 374 g/mol. The first-order valence-electron chi connectivity index (χ1n) is 5.82. The van der Waals surface area contributed by atoms with E-state index in [0.717, 1.165) is 31.2 Å². The molecule has 1 aromatic carbocycles. The zero-order chi connectivity index (χ0) is 14.2. The molecular formula is C13H15Br2N3O. The largest absolute Gasteiger partial charge is 0.495 e. The molecule has 0 fully saturated rings. The van der Waals surface area contributed by atoms with Crippen molar-refractivity contribution in [1.82, 2.24) is 4.98 Å². The van der Waals surface area contributed by atoms with E-state index in [9.17, 15) is 0 Å². The van der Waals surface area contributed by atoms with Gasteiger partial charge < -0.3 is 10.2 Å². The summed E-state index contributed by atoms with van der Waals surface area (Å²) in [6.45, 7) is 4.20. The van der Waals surface area contributed by atoms with E-state index in [0.29, 0.717) is 11.7 Å². The molecule has 6 heteroatoms. The summed E-state index contributed by atoms with van der Waals surface area (Å²) >= 11 is 7.02. The molecule has 3 N–H and O–H groups in total. The summed E-state index contributed by atoms with van der Waals surface area (Å²) in [4.78, 5) is 4.58. The van der Waals surface area contributed by atoms with Gasteiger partial charge in [-0.1, -0.05) is 13.8 Å². The number of nitrogens with two attached hydrogens (primary N) is 1. The van der Waals surface area contributed by atoms with Crippen LogP contribution in [0, 0.1) is 0 Å². The number of nitrogens with zero attached hydrogens (tertiary/aromatic N) is 1. The Balaban J connectivity index is 2.88. The van der Waals surface area contributed by atoms with E-state index in [1.54, 1.807) is 7.11 Å². The highest BCUT2D eigenvalue weighted by atomic mass is 79.9. The summed E-state index contributed by atoms with van der Waals surface area (Å²) < 4.78 is 7.24. The first-order chi connectivity index (χ1) is 8.99. The Labute approximate surface area is 129 Å². The Hall–Kier alpha value is -0.850. The van der Waals surface area contributed by atoms with E-state index in [1.807, 2.05) is 6.07 Å². The maximum atomic E-state index is 5.56. The Bertz CT molecular complexity index is 629. The molecule has 0 bridgehead atoms. The summed E-state index contributed by atoms with van der Waals surface area (Å²) in [7, 11) is 1.65. The molecule has 0 aliphatic rings. The zero-order valence-corrected chi connectivity index (χ0v) is 14.1. The fourth-order valence-electron chi connectivity index (χ4n) is 2.02. The molecule has 0 saturated carbocycles. The Morgan fingerprint density at radius 2 is 1.95 bits per heavy atom. The lowest BCUT2D eigenvalue weighted by Crippen LogP contribution is -2.12. The van der Waals surface area contributed by atoms with Crippen LogP contribution in [0.4, 0.5) is 5.82 Å². The molecule has 0 radical (unpaired) electrons. The maximum absolute atomic E-state index is 5.56. The van der Waals surface area contributed by atoms with Crippen LogP contribution in [-0.4, -0.2) is 12.1 Å². The van der Waals surface area contributed by atoms with E-state index in [4.69, 9.17) is 10.6 Å². The molecule has 102 valence electrons. The highest BCUT2D eigenvalue weighted by molar-refractivity contribution is 9.11. The number of hydrogen-bond donors (Lipinski definition) is 2. The average molecular weight is 389 g/mol. The lowest BCUT2D eigenvalue weighted by Gasteiger charge is -2.16. The number of methoxy groups -OCH3 is 1. The van der Waals surface area contributed by atoms with Crippen molar-refractivity contribution in [2.24, 2.45) is 5.84 Å². The maximum Gasteiger partial charge on any atom is 0.144 e. The van der Waals surface area contributed by atoms with E-state index < -0.39 is 0 Å². The number of anilines is 1. The number of nitrogen functional groups attached to an aromatic ring is 1. The number of aromatic nitrogens is 1. The number of halogens is 2. The first kappa shape index (κ1) is 14.6. The summed E-state index contributed by atoms with van der Waals surface area (Å²) in [5.74, 6) is 7.33. The monoisotopic (exact) mass is 387 g/mol. The van der Waals surface area contributed by atoms with Crippen LogP contribution in [0.5, 0.6) is 5.75 Å². The van der Waals surface area contributed by atoms with Gasteiger partial charge in [-0.2, -0.15) is 0 Å². The summed E-state index contributed by atoms with van der Waals surface area (Å²) in [5.41, 5.74) is 4.53. The molecule has 2 aromatic rings. The average Bonchev–Trinajstić information content (AvgIpc) is 2.37. The molecule has 19 heavy (non-hydrogen) atoms. The fourth-order valence-corrected chi connectivity index (χ4v) is 3.46. The predicted octanol–water partition coefficient (Wildman–Crippen LogP) is 4.18. The van der Waals surface area contributed by atoms with Crippen LogP contribution in [-0.2, 0) is 0 Å². The SMILES string of the molecule is COc1c(Br)cc(Br)c2nc(NN)c(C(C)C)cc12. The van der Waals surface area contributed by atoms with Gasteiger partial charge in [0.05, 0.1) is 17.1 Å². The van der Waals surface area contributed by atoms with Gasteiger partial charge in [-0.25, -0.2) is 10.8 Å². The van der Waals surface area contributed by atoms with Crippen molar-refractivity contribution in [3.63, 3.8) is 0 Å². The predicted molar refractivity (Wildman–Crippen MR) is 85.6 cm³/mol. The van der Waals surface area contributed by atoms with Crippen LogP contribution < -0.4 is 16.0 Å². The van der Waals surface area contributed by atoms with Gasteiger partial charge in [-0.3, -0.25) is 0 Å². The second kappa shape index (κ2) is 5.64. The minimum atomic E-state index is 0.311. The number of rotatable bonds is 3. The topological polar surface area (TPSA) is 60.2 Å². The zero-order valence-electron chi connectivity index (χ0n) is 10.9. The summed E-state index contributed by atoms with van der Waals surface area (Å²) in [6, 6.07) is 3.99. The third-order valence-corrected chi connectivity index (χ3v) is 4.15. The molecule has 0 spiro atoms. The number of ether oxygens (including phenoxy) is 1. The van der Waals surface area contributed by atoms with E-state index in [-0.39, 0.29) is 0 Å². The lowest BCUT2D eigenvalue weighted by atomic mass is 10.0. The second-order valence-electron chi connectivity index (χ2n) is 4.49. The van der Waals surface area contributed by atoms with Crippen LogP contribution in [0.2, 0.25) is 0 Å². The van der Waals surface area contributed by atoms with Crippen LogP contribution >= 0.6 is 31.9 Å². The number of nitrogens with one attached hydrogen (secondary N) is 1. The van der Waals surface area contributed by atoms with Crippen LogP contribution in [0.1, 0.15) is 25.3 Å². The second-order valence-corrected chi connectivity index (χ2v) is 6.20. The number of fused-ring (bicyclic) bond motifs is 1. The van der Waals surface area contributed by atoms with Crippen molar-refractivity contribution < 1.29 is 4.74 Å². The van der Waals surface area contributed by atoms with Crippen molar-refractivity contribution in [2.45, 2.75) is 19.8 Å². The minimum absolute atomic E-state index is 0.311. The van der Waals surface area contributed by atoms with Gasteiger partial charge in [-0.05, 0) is 55.5 Å². The lowest BCUT2D eigenvalue weighted by molar-refractivity contribution is 0.417. The molecule has 0 aliphatic carbocycles. The smallest absolute Gasteiger partial charge is 0.144 e. The quantitative estimate of drug-likeness (QED) is 0.611. The highest BCUT2D eigenvalue weighted by Gasteiger charge is 2.16. The normalized spacial score (nSPS) is 11.1. The van der Waals surface area contributed by atoms with Gasteiger partial charge in [0.15, 0.2) is 0 Å². The van der Waals surface area contributed by atoms with Crippen molar-refractivity contribution in [1.29, 1.82) is 0 Å². The van der Waals surface area contributed by atoms with Gasteiger partial charge in [0, 0.05) is 9.86 Å². The molecule has 0 aliphatic heterocycles. The molecule has 0 unspecified atom stereocenters. The molecule has 0 atom stereocenters. The molecule has 2 rings (SSSR count). The van der Waals surface area contributed by atoms with Crippen LogP contribution in [0.3, 0.4) is 0 Å². The van der Waals surface area contributed by atoms with Gasteiger partial charge >= 0.3 is 0 Å². The number of benzene rings is 1. The Morgan fingerprint density at radius 3 is 2.47 bits per heavy atom. The molecule has 1 aromatic heterocycles. The third-order valence-electron chi connectivity index (χ3n) is 2.96. The van der Waals surface area contributed by atoms with Crippen molar-refractivity contribution in [2.75, 3.05) is 12.5 Å².